The zero-order valence-electron chi connectivity index (χ0n) is 18.3. The van der Waals surface area contributed by atoms with E-state index >= 15 is 0 Å². The van der Waals surface area contributed by atoms with Gasteiger partial charge in [0.2, 0.25) is 0 Å². The number of carbonyl (C=O) groups excluding carboxylic acids is 1. The molecule has 32 heavy (non-hydrogen) atoms. The first-order chi connectivity index (χ1) is 15.7. The van der Waals surface area contributed by atoms with E-state index in [4.69, 9.17) is 5.26 Å². The molecule has 1 aliphatic rings. The van der Waals surface area contributed by atoms with Crippen molar-refractivity contribution in [3.63, 3.8) is 0 Å². The van der Waals surface area contributed by atoms with Gasteiger partial charge in [0.1, 0.15) is 0 Å². The molecular formula is C28H29N3O. The number of nitrogens with zero attached hydrogens (tertiary/aromatic N) is 2. The average Bonchev–Trinajstić information content (AvgIpc) is 2.86. The number of nitrogens with one attached hydrogen (secondary N) is 1. The van der Waals surface area contributed by atoms with Gasteiger partial charge in [0.05, 0.1) is 11.6 Å². The summed E-state index contributed by atoms with van der Waals surface area (Å²) in [5.74, 6) is 0.666. The van der Waals surface area contributed by atoms with E-state index in [1.54, 1.807) is 0 Å². The van der Waals surface area contributed by atoms with Crippen molar-refractivity contribution in [2.75, 3.05) is 19.6 Å². The smallest absolute Gasteiger partial charge is 0.251 e. The number of likely N-dealkylation sites (tertiary alicyclic amines) is 1. The van der Waals surface area contributed by atoms with Crippen molar-refractivity contribution in [2.45, 2.75) is 25.8 Å². The van der Waals surface area contributed by atoms with Crippen LogP contribution in [0.1, 0.15) is 40.7 Å². The lowest BCUT2D eigenvalue weighted by atomic mass is 9.93. The molecule has 1 N–H and O–H groups in total. The molecule has 1 aliphatic heterocycles. The standard InChI is InChI=1S/C28H29N3O/c29-20-23-6-8-25(9-7-23)26-10-12-27(13-11-26)28(32)30-17-14-22-15-18-31(19-16-22)21-24-4-2-1-3-5-24/h1-13,22H,14-19,21H2,(H,30,32). The third-order valence-electron chi connectivity index (χ3n) is 6.29. The molecule has 4 rings (SSSR count). The van der Waals surface area contributed by atoms with Crippen LogP contribution in [-0.4, -0.2) is 30.4 Å². The second kappa shape index (κ2) is 10.7. The van der Waals surface area contributed by atoms with Crippen LogP contribution in [0.5, 0.6) is 0 Å². The van der Waals surface area contributed by atoms with Gasteiger partial charge >= 0.3 is 0 Å². The monoisotopic (exact) mass is 423 g/mol. The molecule has 0 radical (unpaired) electrons. The Hall–Kier alpha value is -3.42. The largest absolute Gasteiger partial charge is 0.352 e. The van der Waals surface area contributed by atoms with Gasteiger partial charge in [-0.1, -0.05) is 54.6 Å². The van der Waals surface area contributed by atoms with Crippen LogP contribution in [0.25, 0.3) is 11.1 Å². The molecule has 4 heteroatoms. The minimum Gasteiger partial charge on any atom is -0.352 e. The van der Waals surface area contributed by atoms with Crippen molar-refractivity contribution in [1.29, 1.82) is 5.26 Å². The lowest BCUT2D eigenvalue weighted by molar-refractivity contribution is 0.0947. The summed E-state index contributed by atoms with van der Waals surface area (Å²) in [6, 6.07) is 27.9. The molecule has 0 atom stereocenters. The number of nitriles is 1. The van der Waals surface area contributed by atoms with Gasteiger partial charge in [-0.2, -0.15) is 5.26 Å². The Bertz CT molecular complexity index is 1040. The Kier molecular flexibility index (Phi) is 7.32. The Morgan fingerprint density at radius 3 is 2.16 bits per heavy atom. The highest BCUT2D eigenvalue weighted by Gasteiger charge is 2.19. The normalized spacial score (nSPS) is 14.6. The highest BCUT2D eigenvalue weighted by molar-refractivity contribution is 5.94. The van der Waals surface area contributed by atoms with E-state index in [0.717, 1.165) is 43.7 Å². The van der Waals surface area contributed by atoms with Crippen LogP contribution < -0.4 is 5.32 Å². The van der Waals surface area contributed by atoms with Gasteiger partial charge in [0, 0.05) is 18.7 Å². The van der Waals surface area contributed by atoms with Gasteiger partial charge in [-0.15, -0.1) is 0 Å². The van der Waals surface area contributed by atoms with Gasteiger partial charge in [-0.25, -0.2) is 0 Å². The van der Waals surface area contributed by atoms with Crippen molar-refractivity contribution in [3.05, 3.63) is 95.6 Å². The molecule has 3 aromatic rings. The van der Waals surface area contributed by atoms with Crippen LogP contribution in [-0.2, 0) is 6.54 Å². The lowest BCUT2D eigenvalue weighted by Gasteiger charge is -2.32. The summed E-state index contributed by atoms with van der Waals surface area (Å²) in [6.45, 7) is 4.01. The number of amides is 1. The highest BCUT2D eigenvalue weighted by Crippen LogP contribution is 2.22. The summed E-state index contributed by atoms with van der Waals surface area (Å²) in [5.41, 5.74) is 4.78. The van der Waals surface area contributed by atoms with Gasteiger partial charge in [0.25, 0.3) is 5.91 Å². The molecule has 0 aromatic heterocycles. The minimum absolute atomic E-state index is 0.0158. The fraction of sp³-hybridized carbons (Fsp3) is 0.286. The first-order valence-corrected chi connectivity index (χ1v) is 11.4. The molecule has 0 saturated carbocycles. The zero-order chi connectivity index (χ0) is 22.2. The summed E-state index contributed by atoms with van der Waals surface area (Å²) in [4.78, 5) is 15.0. The van der Waals surface area contributed by atoms with Crippen molar-refractivity contribution >= 4 is 5.91 Å². The average molecular weight is 424 g/mol. The Balaban J connectivity index is 1.19. The Morgan fingerprint density at radius 1 is 0.906 bits per heavy atom. The Morgan fingerprint density at radius 2 is 1.53 bits per heavy atom. The van der Waals surface area contributed by atoms with Crippen LogP contribution in [0.3, 0.4) is 0 Å². The number of carbonyl (C=O) groups is 1. The lowest BCUT2D eigenvalue weighted by Crippen LogP contribution is -2.34. The second-order valence-corrected chi connectivity index (χ2v) is 8.52. The molecule has 1 amide bonds. The second-order valence-electron chi connectivity index (χ2n) is 8.52. The molecule has 0 spiro atoms. The Labute approximate surface area is 190 Å². The molecular weight excluding hydrogens is 394 g/mol. The van der Waals surface area contributed by atoms with E-state index in [1.807, 2.05) is 48.5 Å². The molecule has 1 fully saturated rings. The van der Waals surface area contributed by atoms with Gasteiger partial charge in [0.15, 0.2) is 0 Å². The van der Waals surface area contributed by atoms with Gasteiger partial charge in [-0.3, -0.25) is 9.69 Å². The number of benzene rings is 3. The van der Waals surface area contributed by atoms with Gasteiger partial charge < -0.3 is 5.32 Å². The minimum atomic E-state index is -0.0158. The maximum Gasteiger partial charge on any atom is 0.251 e. The molecule has 0 unspecified atom stereocenters. The summed E-state index contributed by atoms with van der Waals surface area (Å²) < 4.78 is 0. The van der Waals surface area contributed by atoms with Crippen LogP contribution in [0.4, 0.5) is 0 Å². The molecule has 4 nitrogen and oxygen atoms in total. The van der Waals surface area contributed by atoms with E-state index in [9.17, 15) is 4.79 Å². The highest BCUT2D eigenvalue weighted by atomic mass is 16.1. The molecule has 3 aromatic carbocycles. The van der Waals surface area contributed by atoms with Gasteiger partial charge in [-0.05, 0) is 79.2 Å². The quantitative estimate of drug-likeness (QED) is 0.564. The fourth-order valence-corrected chi connectivity index (χ4v) is 4.32. The summed E-state index contributed by atoms with van der Waals surface area (Å²) in [6.07, 6.45) is 3.43. The number of piperidine rings is 1. The topological polar surface area (TPSA) is 56.1 Å². The van der Waals surface area contributed by atoms with E-state index < -0.39 is 0 Å². The maximum absolute atomic E-state index is 12.5. The van der Waals surface area contributed by atoms with Crippen molar-refractivity contribution < 1.29 is 4.79 Å². The molecule has 1 saturated heterocycles. The molecule has 162 valence electrons. The summed E-state index contributed by atoms with van der Waals surface area (Å²) >= 11 is 0. The van der Waals surface area contributed by atoms with Crippen molar-refractivity contribution in [1.82, 2.24) is 10.2 Å². The summed E-state index contributed by atoms with van der Waals surface area (Å²) in [5, 5.41) is 12.0. The third kappa shape index (κ3) is 5.84. The molecule has 0 bridgehead atoms. The summed E-state index contributed by atoms with van der Waals surface area (Å²) in [7, 11) is 0. The SMILES string of the molecule is N#Cc1ccc(-c2ccc(C(=O)NCCC3CCN(Cc4ccccc4)CC3)cc2)cc1. The zero-order valence-corrected chi connectivity index (χ0v) is 18.3. The number of hydrogen-bond donors (Lipinski definition) is 1. The fourth-order valence-electron chi connectivity index (χ4n) is 4.32. The third-order valence-corrected chi connectivity index (χ3v) is 6.29. The van der Waals surface area contributed by atoms with Crippen LogP contribution in [0.15, 0.2) is 78.9 Å². The maximum atomic E-state index is 12.5. The molecule has 1 heterocycles. The first-order valence-electron chi connectivity index (χ1n) is 11.4. The van der Waals surface area contributed by atoms with E-state index in [0.29, 0.717) is 17.0 Å². The number of hydrogen-bond acceptors (Lipinski definition) is 3. The first kappa shape index (κ1) is 21.8. The van der Waals surface area contributed by atoms with E-state index in [-0.39, 0.29) is 5.91 Å². The van der Waals surface area contributed by atoms with E-state index in [2.05, 4.69) is 46.6 Å². The van der Waals surface area contributed by atoms with E-state index in [1.165, 1.54) is 18.4 Å². The predicted molar refractivity (Wildman–Crippen MR) is 128 cm³/mol. The predicted octanol–water partition coefficient (Wildman–Crippen LogP) is 5.26. The van der Waals surface area contributed by atoms with Crippen molar-refractivity contribution in [2.24, 2.45) is 5.92 Å². The van der Waals surface area contributed by atoms with Crippen LogP contribution >= 0.6 is 0 Å². The van der Waals surface area contributed by atoms with Crippen LogP contribution in [0, 0.1) is 17.2 Å². The number of rotatable bonds is 7. The van der Waals surface area contributed by atoms with Crippen LogP contribution in [0.2, 0.25) is 0 Å². The van der Waals surface area contributed by atoms with Crippen molar-refractivity contribution in [3.8, 4) is 17.2 Å². The molecule has 0 aliphatic carbocycles.